The molecule has 0 rings (SSSR count). The lowest BCUT2D eigenvalue weighted by Crippen LogP contribution is -2.03. The summed E-state index contributed by atoms with van der Waals surface area (Å²) in [7, 11) is 1.46. The zero-order valence-electron chi connectivity index (χ0n) is 15.7. The van der Waals surface area contributed by atoms with Crippen LogP contribution in [0.2, 0.25) is 0 Å². The summed E-state index contributed by atoms with van der Waals surface area (Å²) in [6.07, 6.45) is 19.0. The van der Waals surface area contributed by atoms with Gasteiger partial charge in [0.25, 0.3) is 0 Å². The average molecular weight is 329 g/mol. The largest absolute Gasteiger partial charge is 0.469 e. The van der Waals surface area contributed by atoms with Gasteiger partial charge in [0, 0.05) is 6.42 Å². The molecule has 23 heavy (non-hydrogen) atoms. The Hall–Kier alpha value is -0.570. The molecule has 0 radical (unpaired) electrons. The Morgan fingerprint density at radius 2 is 1.17 bits per heavy atom. The maximum atomic E-state index is 10.9. The zero-order chi connectivity index (χ0) is 17.2. The van der Waals surface area contributed by atoms with Crippen molar-refractivity contribution in [2.24, 2.45) is 0 Å². The highest BCUT2D eigenvalue weighted by Crippen LogP contribution is 2.14. The number of esters is 1. The molecule has 0 saturated heterocycles. The number of carbonyl (C=O) groups is 1. The minimum Gasteiger partial charge on any atom is -0.469 e. The van der Waals surface area contributed by atoms with E-state index in [-0.39, 0.29) is 12.1 Å². The quantitative estimate of drug-likeness (QED) is 0.272. The Bertz CT molecular complexity index is 253. The van der Waals surface area contributed by atoms with Gasteiger partial charge >= 0.3 is 5.97 Å². The topological polar surface area (TPSA) is 46.5 Å². The van der Waals surface area contributed by atoms with Crippen molar-refractivity contribution in [3.63, 3.8) is 0 Å². The number of aliphatic hydroxyl groups excluding tert-OH is 1. The van der Waals surface area contributed by atoms with Crippen LogP contribution in [0.5, 0.6) is 0 Å². The fourth-order valence-electron chi connectivity index (χ4n) is 2.90. The third kappa shape index (κ3) is 17.6. The molecule has 0 aromatic carbocycles. The maximum Gasteiger partial charge on any atom is 0.305 e. The number of methoxy groups -OCH3 is 1. The van der Waals surface area contributed by atoms with Crippen molar-refractivity contribution in [1.82, 2.24) is 0 Å². The van der Waals surface area contributed by atoms with Crippen LogP contribution in [0.1, 0.15) is 110 Å². The average Bonchev–Trinajstić information content (AvgIpc) is 2.57. The normalized spacial score (nSPS) is 12.3. The van der Waals surface area contributed by atoms with E-state index in [9.17, 15) is 9.90 Å². The molecule has 0 spiro atoms. The first-order valence-corrected chi connectivity index (χ1v) is 9.95. The molecule has 0 aromatic rings. The summed E-state index contributed by atoms with van der Waals surface area (Å²) < 4.78 is 4.63. The second-order valence-electron chi connectivity index (χ2n) is 6.77. The van der Waals surface area contributed by atoms with Gasteiger partial charge in [-0.2, -0.15) is 0 Å². The van der Waals surface area contributed by atoms with E-state index < -0.39 is 0 Å². The van der Waals surface area contributed by atoms with Gasteiger partial charge in [-0.15, -0.1) is 0 Å². The number of hydrogen-bond donors (Lipinski definition) is 1. The van der Waals surface area contributed by atoms with Crippen molar-refractivity contribution in [3.05, 3.63) is 0 Å². The number of ether oxygens (including phenoxy) is 1. The lowest BCUT2D eigenvalue weighted by Gasteiger charge is -2.06. The van der Waals surface area contributed by atoms with Crippen LogP contribution in [-0.2, 0) is 9.53 Å². The minimum atomic E-state index is -0.0773. The molecule has 0 fully saturated rings. The molecule has 3 nitrogen and oxygen atoms in total. The van der Waals surface area contributed by atoms with Gasteiger partial charge in [0.05, 0.1) is 13.2 Å². The molecule has 0 aliphatic rings. The Balaban J connectivity index is 3.04. The van der Waals surface area contributed by atoms with Gasteiger partial charge in [0.15, 0.2) is 0 Å². The molecule has 0 aliphatic carbocycles. The molecular formula is C20H40O3. The second-order valence-corrected chi connectivity index (χ2v) is 6.77. The molecule has 138 valence electrons. The van der Waals surface area contributed by atoms with Crippen LogP contribution >= 0.6 is 0 Å². The minimum absolute atomic E-state index is 0.0736. The molecule has 0 saturated carbocycles. The Morgan fingerprint density at radius 1 is 0.783 bits per heavy atom. The number of unbranched alkanes of at least 4 members (excludes halogenated alkanes) is 12. The highest BCUT2D eigenvalue weighted by molar-refractivity contribution is 5.68. The second kappa shape index (κ2) is 17.8. The molecule has 3 heteroatoms. The van der Waals surface area contributed by atoms with Crippen LogP contribution in [-0.4, -0.2) is 24.3 Å². The lowest BCUT2D eigenvalue weighted by molar-refractivity contribution is -0.140. The first-order chi connectivity index (χ1) is 11.2. The van der Waals surface area contributed by atoms with Crippen LogP contribution in [0.25, 0.3) is 0 Å². The van der Waals surface area contributed by atoms with Crippen molar-refractivity contribution in [2.45, 2.75) is 116 Å². The van der Waals surface area contributed by atoms with E-state index in [1.165, 1.54) is 77.7 Å². The van der Waals surface area contributed by atoms with Crippen LogP contribution < -0.4 is 0 Å². The lowest BCUT2D eigenvalue weighted by atomic mass is 10.0. The van der Waals surface area contributed by atoms with Gasteiger partial charge < -0.3 is 9.84 Å². The van der Waals surface area contributed by atoms with Crippen LogP contribution in [0.3, 0.4) is 0 Å². The smallest absolute Gasteiger partial charge is 0.305 e. The van der Waals surface area contributed by atoms with Crippen molar-refractivity contribution >= 4 is 5.97 Å². The molecule has 0 aliphatic heterocycles. The monoisotopic (exact) mass is 328 g/mol. The first kappa shape index (κ1) is 22.4. The van der Waals surface area contributed by atoms with Crippen LogP contribution in [0.4, 0.5) is 0 Å². The van der Waals surface area contributed by atoms with E-state index in [4.69, 9.17) is 0 Å². The third-order valence-electron chi connectivity index (χ3n) is 4.62. The molecular weight excluding hydrogens is 288 g/mol. The molecule has 0 heterocycles. The Labute approximate surface area is 144 Å². The summed E-state index contributed by atoms with van der Waals surface area (Å²) in [5.74, 6) is -0.0773. The van der Waals surface area contributed by atoms with Crippen LogP contribution in [0, 0.1) is 0 Å². The highest BCUT2D eigenvalue weighted by Gasteiger charge is 2.00. The number of carbonyl (C=O) groups excluding carboxylic acids is 1. The first-order valence-electron chi connectivity index (χ1n) is 9.95. The van der Waals surface area contributed by atoms with Gasteiger partial charge in [0.2, 0.25) is 0 Å². The molecule has 0 amide bonds. The summed E-state index contributed by atoms with van der Waals surface area (Å²) in [6.45, 7) is 2.05. The summed E-state index contributed by atoms with van der Waals surface area (Å²) in [4.78, 5) is 10.9. The van der Waals surface area contributed by atoms with E-state index in [0.29, 0.717) is 6.42 Å². The maximum absolute atomic E-state index is 10.9. The van der Waals surface area contributed by atoms with E-state index in [0.717, 1.165) is 25.7 Å². The van der Waals surface area contributed by atoms with Gasteiger partial charge in [-0.25, -0.2) is 0 Å². The molecule has 0 aromatic heterocycles. The Kier molecular flexibility index (Phi) is 17.3. The number of aliphatic hydroxyl groups is 1. The fourth-order valence-corrected chi connectivity index (χ4v) is 2.90. The number of rotatable bonds is 17. The summed E-state index contributed by atoms with van der Waals surface area (Å²) in [5.41, 5.74) is 0. The molecule has 1 N–H and O–H groups in total. The summed E-state index contributed by atoms with van der Waals surface area (Å²) >= 11 is 0. The van der Waals surface area contributed by atoms with Gasteiger partial charge in [-0.1, -0.05) is 84.0 Å². The SMILES string of the molecule is CCC(O)CCCCCCCCCCCCCCCC(=O)OC. The van der Waals surface area contributed by atoms with E-state index >= 15 is 0 Å². The van der Waals surface area contributed by atoms with Crippen molar-refractivity contribution < 1.29 is 14.6 Å². The summed E-state index contributed by atoms with van der Waals surface area (Å²) in [5, 5.41) is 9.46. The third-order valence-corrected chi connectivity index (χ3v) is 4.62. The highest BCUT2D eigenvalue weighted by atomic mass is 16.5. The molecule has 1 atom stereocenters. The fraction of sp³-hybridized carbons (Fsp3) is 0.950. The molecule has 0 bridgehead atoms. The van der Waals surface area contributed by atoms with E-state index in [1.54, 1.807) is 0 Å². The van der Waals surface area contributed by atoms with Crippen LogP contribution in [0.15, 0.2) is 0 Å². The number of hydrogen-bond acceptors (Lipinski definition) is 3. The van der Waals surface area contributed by atoms with Gasteiger partial charge in [-0.3, -0.25) is 4.79 Å². The molecule has 1 unspecified atom stereocenters. The van der Waals surface area contributed by atoms with E-state index in [1.807, 2.05) is 6.92 Å². The Morgan fingerprint density at radius 3 is 1.57 bits per heavy atom. The van der Waals surface area contributed by atoms with Crippen molar-refractivity contribution in [2.75, 3.05) is 7.11 Å². The zero-order valence-corrected chi connectivity index (χ0v) is 15.7. The standard InChI is InChI=1S/C20H40O3/c1-3-19(21)17-15-13-11-9-7-5-4-6-8-10-12-14-16-18-20(22)23-2/h19,21H,3-18H2,1-2H3. The van der Waals surface area contributed by atoms with Gasteiger partial charge in [-0.05, 0) is 19.3 Å². The van der Waals surface area contributed by atoms with Gasteiger partial charge in [0.1, 0.15) is 0 Å². The van der Waals surface area contributed by atoms with E-state index in [2.05, 4.69) is 4.74 Å². The van der Waals surface area contributed by atoms with Crippen molar-refractivity contribution in [1.29, 1.82) is 0 Å². The summed E-state index contributed by atoms with van der Waals surface area (Å²) in [6, 6.07) is 0. The predicted octanol–water partition coefficient (Wildman–Crippen LogP) is 5.78. The van der Waals surface area contributed by atoms with Crippen molar-refractivity contribution in [3.8, 4) is 0 Å². The predicted molar refractivity (Wildman–Crippen MR) is 97.6 cm³/mol.